The van der Waals surface area contributed by atoms with E-state index in [9.17, 15) is 19.9 Å². The largest absolute Gasteiger partial charge is 0.494 e. The van der Waals surface area contributed by atoms with E-state index in [2.05, 4.69) is 27.6 Å². The maximum Gasteiger partial charge on any atom is 0.256 e. The predicted octanol–water partition coefficient (Wildman–Crippen LogP) is 7.08. The number of unbranched alkanes of at least 4 members (excludes halogenated alkanes) is 1. The van der Waals surface area contributed by atoms with Gasteiger partial charge in [-0.15, -0.1) is 0 Å². The molecule has 4 aromatic carbocycles. The average molecular weight is 803 g/mol. The Morgan fingerprint density at radius 1 is 0.783 bits per heavy atom. The predicted molar refractivity (Wildman–Crippen MR) is 222 cm³/mol. The third-order valence-electron chi connectivity index (χ3n) is 11.8. The second kappa shape index (κ2) is 15.7. The Morgan fingerprint density at radius 3 is 2.37 bits per heavy atom. The number of rotatable bonds is 12. The number of aromatic nitrogens is 3. The molecule has 6 aromatic rings. The number of amides is 2. The zero-order valence-corrected chi connectivity index (χ0v) is 32.6. The molecular weight excluding hydrogens is 761 g/mol. The lowest BCUT2D eigenvalue weighted by molar-refractivity contribution is -0.130. The number of epoxide rings is 1. The molecule has 302 valence electrons. The summed E-state index contributed by atoms with van der Waals surface area (Å²) in [6.07, 6.45) is 7.58. The lowest BCUT2D eigenvalue weighted by Gasteiger charge is -2.38. The SMILES string of the molecule is O=C1CCC(N2C(=O)c3cc(-c4cccc(OCCCCOc5ccc(-n6cc(-c7ccc8c(c7)CC/C8=N\O)c(-c7ccncc7)n6)cc5)c4)ccc3C3OC32)C(O)N1. The molecule has 1 aliphatic carbocycles. The Labute approximate surface area is 345 Å². The second-order valence-corrected chi connectivity index (χ2v) is 15.5. The smallest absolute Gasteiger partial charge is 0.256 e. The number of hydrogen-bond donors (Lipinski definition) is 3. The molecule has 2 amide bonds. The minimum Gasteiger partial charge on any atom is -0.494 e. The highest BCUT2D eigenvalue weighted by Gasteiger charge is 2.56. The van der Waals surface area contributed by atoms with Crippen LogP contribution in [-0.2, 0) is 16.0 Å². The van der Waals surface area contributed by atoms with Crippen LogP contribution in [0.15, 0.2) is 121 Å². The Bertz CT molecular complexity index is 2630. The zero-order valence-electron chi connectivity index (χ0n) is 32.6. The highest BCUT2D eigenvalue weighted by atomic mass is 16.6. The number of fused-ring (bicyclic) bond motifs is 4. The minimum atomic E-state index is -1.13. The summed E-state index contributed by atoms with van der Waals surface area (Å²) in [5, 5.41) is 31.0. The summed E-state index contributed by atoms with van der Waals surface area (Å²) in [6, 6.07) is 31.2. The Balaban J connectivity index is 0.742. The number of piperidine rings is 1. The molecule has 0 saturated carbocycles. The number of aryl methyl sites for hydroxylation is 1. The lowest BCUT2D eigenvalue weighted by Crippen LogP contribution is -2.58. The van der Waals surface area contributed by atoms with E-state index in [-0.39, 0.29) is 24.3 Å². The summed E-state index contributed by atoms with van der Waals surface area (Å²) in [7, 11) is 0. The van der Waals surface area contributed by atoms with Gasteiger partial charge in [-0.3, -0.25) is 14.6 Å². The van der Waals surface area contributed by atoms with E-state index in [1.807, 2.05) is 95.8 Å². The summed E-state index contributed by atoms with van der Waals surface area (Å²) in [6.45, 7) is 1.06. The number of aliphatic hydroxyl groups excluding tert-OH is 1. The molecule has 0 spiro atoms. The fourth-order valence-electron chi connectivity index (χ4n) is 8.59. The molecule has 0 bridgehead atoms. The first-order valence-corrected chi connectivity index (χ1v) is 20.3. The molecule has 3 aliphatic heterocycles. The lowest BCUT2D eigenvalue weighted by atomic mass is 9.92. The van der Waals surface area contributed by atoms with Gasteiger partial charge in [-0.25, -0.2) is 4.68 Å². The topological polar surface area (TPSA) is 164 Å². The van der Waals surface area contributed by atoms with E-state index in [1.165, 1.54) is 0 Å². The van der Waals surface area contributed by atoms with Gasteiger partial charge in [0, 0.05) is 47.3 Å². The van der Waals surface area contributed by atoms with E-state index in [0.717, 1.165) is 98.8 Å². The number of nitrogens with one attached hydrogen (secondary N) is 1. The van der Waals surface area contributed by atoms with Crippen molar-refractivity contribution in [3.8, 4) is 50.7 Å². The van der Waals surface area contributed by atoms with Gasteiger partial charge < -0.3 is 34.7 Å². The molecule has 4 unspecified atom stereocenters. The van der Waals surface area contributed by atoms with Crippen LogP contribution in [0.1, 0.15) is 65.3 Å². The van der Waals surface area contributed by atoms with Gasteiger partial charge in [-0.1, -0.05) is 47.6 Å². The maximum absolute atomic E-state index is 13.7. The summed E-state index contributed by atoms with van der Waals surface area (Å²) in [5.74, 6) is 1.07. The van der Waals surface area contributed by atoms with Crippen LogP contribution in [0.2, 0.25) is 0 Å². The van der Waals surface area contributed by atoms with Crippen LogP contribution in [0, 0.1) is 0 Å². The molecule has 10 rings (SSSR count). The molecule has 2 saturated heterocycles. The van der Waals surface area contributed by atoms with Gasteiger partial charge >= 0.3 is 0 Å². The van der Waals surface area contributed by atoms with Gasteiger partial charge in [0.15, 0.2) is 6.23 Å². The van der Waals surface area contributed by atoms with Crippen molar-refractivity contribution >= 4 is 17.5 Å². The first kappa shape index (κ1) is 37.4. The number of nitrogens with zero attached hydrogens (tertiary/aromatic N) is 5. The number of aliphatic hydroxyl groups is 1. The van der Waals surface area contributed by atoms with Gasteiger partial charge in [-0.05, 0) is 115 Å². The number of carbonyl (C=O) groups is 2. The summed E-state index contributed by atoms with van der Waals surface area (Å²) >= 11 is 0. The fourth-order valence-corrected chi connectivity index (χ4v) is 8.59. The fraction of sp³-hybridized carbons (Fsp3) is 0.255. The van der Waals surface area contributed by atoms with Crippen LogP contribution < -0.4 is 14.8 Å². The minimum absolute atomic E-state index is 0.208. The quantitative estimate of drug-likeness (QED) is 0.0508. The van der Waals surface area contributed by atoms with Crippen molar-refractivity contribution in [2.24, 2.45) is 5.16 Å². The van der Waals surface area contributed by atoms with Crippen molar-refractivity contribution in [1.82, 2.24) is 25.0 Å². The summed E-state index contributed by atoms with van der Waals surface area (Å²) in [4.78, 5) is 31.3. The average Bonchev–Trinajstić information content (AvgIpc) is 3.76. The number of carbonyl (C=O) groups excluding carboxylic acids is 2. The van der Waals surface area contributed by atoms with E-state index in [1.54, 1.807) is 17.3 Å². The molecule has 5 heterocycles. The normalized spacial score (nSPS) is 20.9. The summed E-state index contributed by atoms with van der Waals surface area (Å²) < 4.78 is 20.0. The maximum atomic E-state index is 13.7. The molecule has 2 aromatic heterocycles. The Kier molecular flexibility index (Phi) is 9.82. The van der Waals surface area contributed by atoms with Gasteiger partial charge in [0.25, 0.3) is 5.91 Å². The van der Waals surface area contributed by atoms with Crippen LogP contribution in [0.5, 0.6) is 11.5 Å². The van der Waals surface area contributed by atoms with Crippen LogP contribution >= 0.6 is 0 Å². The standard InChI is InChI=1S/C47H42N6O7/c54-42-17-16-41(45(55)49-42)53-46(56)38-26-30(6-14-37(38)44-47(53)60-44)29-4-3-5-35(25-29)59-23-2-1-22-58-34-11-9-33(10-12-34)52-27-39(43(50-52)28-18-20-48-21-19-28)32-7-13-36-31(24-32)8-15-40(36)51-57/h3-7,9-14,18-21,24-27,41,44-45,47,55,57H,1-2,8,15-17,22-23H2,(H,49,54)/b51-40+. The van der Waals surface area contributed by atoms with E-state index in [0.29, 0.717) is 25.2 Å². The molecule has 4 aliphatic rings. The van der Waals surface area contributed by atoms with Gasteiger partial charge in [0.1, 0.15) is 29.5 Å². The first-order valence-electron chi connectivity index (χ1n) is 20.3. The van der Waals surface area contributed by atoms with E-state index in [4.69, 9.17) is 19.3 Å². The highest BCUT2D eigenvalue weighted by Crippen LogP contribution is 2.49. The van der Waals surface area contributed by atoms with E-state index >= 15 is 0 Å². The van der Waals surface area contributed by atoms with Crippen molar-refractivity contribution in [1.29, 1.82) is 0 Å². The van der Waals surface area contributed by atoms with Crippen molar-refractivity contribution in [3.05, 3.63) is 138 Å². The number of benzene rings is 4. The van der Waals surface area contributed by atoms with Crippen molar-refractivity contribution < 1.29 is 34.1 Å². The molecule has 2 fully saturated rings. The van der Waals surface area contributed by atoms with Crippen molar-refractivity contribution in [2.75, 3.05) is 13.2 Å². The number of oxime groups is 1. The zero-order chi connectivity index (χ0) is 40.7. The van der Waals surface area contributed by atoms with Crippen molar-refractivity contribution in [3.63, 3.8) is 0 Å². The van der Waals surface area contributed by atoms with Gasteiger partial charge in [-0.2, -0.15) is 5.10 Å². The molecular formula is C47H42N6O7. The molecule has 60 heavy (non-hydrogen) atoms. The second-order valence-electron chi connectivity index (χ2n) is 15.5. The van der Waals surface area contributed by atoms with Crippen molar-refractivity contribution in [2.45, 2.75) is 63.1 Å². The van der Waals surface area contributed by atoms with E-state index < -0.39 is 18.5 Å². The van der Waals surface area contributed by atoms with Crippen LogP contribution in [0.4, 0.5) is 0 Å². The Hall–Kier alpha value is -6.83. The molecule has 13 nitrogen and oxygen atoms in total. The summed E-state index contributed by atoms with van der Waals surface area (Å²) in [5.41, 5.74) is 10.8. The Morgan fingerprint density at radius 2 is 1.57 bits per heavy atom. The third kappa shape index (κ3) is 7.15. The number of ether oxygens (including phenoxy) is 3. The molecule has 13 heteroatoms. The first-order chi connectivity index (χ1) is 29.4. The third-order valence-corrected chi connectivity index (χ3v) is 11.8. The highest BCUT2D eigenvalue weighted by molar-refractivity contribution is 6.04. The molecule has 4 atom stereocenters. The van der Waals surface area contributed by atoms with Crippen LogP contribution in [-0.4, -0.2) is 79.2 Å². The van der Waals surface area contributed by atoms with Crippen LogP contribution in [0.3, 0.4) is 0 Å². The van der Waals surface area contributed by atoms with Crippen LogP contribution in [0.25, 0.3) is 39.2 Å². The van der Waals surface area contributed by atoms with Gasteiger partial charge in [0.2, 0.25) is 5.91 Å². The van der Waals surface area contributed by atoms with Gasteiger partial charge in [0.05, 0.1) is 30.7 Å². The molecule has 3 N–H and O–H groups in total. The number of hydrogen-bond acceptors (Lipinski definition) is 10. The monoisotopic (exact) mass is 802 g/mol. The molecule has 0 radical (unpaired) electrons. The number of pyridine rings is 1.